The van der Waals surface area contributed by atoms with E-state index in [1.54, 1.807) is 6.20 Å². The number of H-pyrrole nitrogens is 1. The lowest BCUT2D eigenvalue weighted by atomic mass is 10.1. The van der Waals surface area contributed by atoms with E-state index >= 15 is 0 Å². The molecule has 0 saturated heterocycles. The zero-order chi connectivity index (χ0) is 8.27. The first-order valence-corrected chi connectivity index (χ1v) is 3.68. The zero-order valence-corrected chi connectivity index (χ0v) is 6.50. The van der Waals surface area contributed by atoms with Crippen molar-refractivity contribution in [2.45, 2.75) is 19.4 Å². The Morgan fingerprint density at radius 1 is 1.73 bits per heavy atom. The van der Waals surface area contributed by atoms with Gasteiger partial charge in [-0.1, -0.05) is 6.92 Å². The Balaban J connectivity index is 2.96. The summed E-state index contributed by atoms with van der Waals surface area (Å²) in [4.78, 5) is 13.8. The van der Waals surface area contributed by atoms with Crippen LogP contribution in [0.15, 0.2) is 23.1 Å². The van der Waals surface area contributed by atoms with Gasteiger partial charge in [-0.3, -0.25) is 4.79 Å². The summed E-state index contributed by atoms with van der Waals surface area (Å²) in [6.07, 6.45) is 2.45. The van der Waals surface area contributed by atoms with E-state index in [4.69, 9.17) is 5.73 Å². The summed E-state index contributed by atoms with van der Waals surface area (Å²) in [5, 5.41) is 0. The van der Waals surface area contributed by atoms with Gasteiger partial charge < -0.3 is 10.7 Å². The van der Waals surface area contributed by atoms with Crippen molar-refractivity contribution in [3.63, 3.8) is 0 Å². The van der Waals surface area contributed by atoms with Gasteiger partial charge in [0.25, 0.3) is 0 Å². The summed E-state index contributed by atoms with van der Waals surface area (Å²) in [5.41, 5.74) is 6.50. The van der Waals surface area contributed by atoms with Gasteiger partial charge in [-0.2, -0.15) is 0 Å². The highest BCUT2D eigenvalue weighted by atomic mass is 16.1. The van der Waals surface area contributed by atoms with Gasteiger partial charge in [0.1, 0.15) is 0 Å². The van der Waals surface area contributed by atoms with E-state index in [1.807, 2.05) is 6.92 Å². The monoisotopic (exact) mass is 152 g/mol. The predicted octanol–water partition coefficient (Wildman–Crippen LogP) is 0.785. The second-order valence-electron chi connectivity index (χ2n) is 2.49. The molecule has 11 heavy (non-hydrogen) atoms. The Morgan fingerprint density at radius 2 is 2.45 bits per heavy atom. The first kappa shape index (κ1) is 8.01. The lowest BCUT2D eigenvalue weighted by Crippen LogP contribution is -2.13. The molecule has 0 unspecified atom stereocenters. The van der Waals surface area contributed by atoms with Crippen molar-refractivity contribution in [2.75, 3.05) is 0 Å². The highest BCUT2D eigenvalue weighted by Gasteiger charge is 2.01. The van der Waals surface area contributed by atoms with Crippen molar-refractivity contribution in [3.05, 3.63) is 34.2 Å². The molecule has 3 heteroatoms. The molecule has 0 aliphatic carbocycles. The van der Waals surface area contributed by atoms with E-state index in [2.05, 4.69) is 4.98 Å². The fraction of sp³-hybridized carbons (Fsp3) is 0.375. The molecule has 0 aliphatic rings. The normalized spacial score (nSPS) is 12.9. The van der Waals surface area contributed by atoms with E-state index < -0.39 is 0 Å². The third-order valence-electron chi connectivity index (χ3n) is 1.63. The molecule has 1 heterocycles. The Kier molecular flexibility index (Phi) is 2.44. The standard InChI is InChI=1S/C8H12N2O/c1-2-7(9)8-5-6(11)3-4-10-8/h3-5,7H,2,9H2,1H3,(H,10,11)/t7-/m1/s1. The summed E-state index contributed by atoms with van der Waals surface area (Å²) < 4.78 is 0. The molecule has 0 saturated carbocycles. The van der Waals surface area contributed by atoms with Crippen LogP contribution in [0.2, 0.25) is 0 Å². The Labute approximate surface area is 65.2 Å². The maximum atomic E-state index is 10.8. The van der Waals surface area contributed by atoms with Crippen LogP contribution >= 0.6 is 0 Å². The summed E-state index contributed by atoms with van der Waals surface area (Å²) in [6, 6.07) is 2.96. The van der Waals surface area contributed by atoms with E-state index in [0.717, 1.165) is 12.1 Å². The number of nitrogens with two attached hydrogens (primary N) is 1. The second-order valence-corrected chi connectivity index (χ2v) is 2.49. The first-order chi connectivity index (χ1) is 5.24. The minimum absolute atomic E-state index is 0.00245. The minimum Gasteiger partial charge on any atom is -0.363 e. The molecule has 1 rings (SSSR count). The summed E-state index contributed by atoms with van der Waals surface area (Å²) in [5.74, 6) is 0. The van der Waals surface area contributed by atoms with Crippen LogP contribution in [0.4, 0.5) is 0 Å². The van der Waals surface area contributed by atoms with Crippen LogP contribution < -0.4 is 11.2 Å². The van der Waals surface area contributed by atoms with Gasteiger partial charge in [0, 0.05) is 30.1 Å². The Hall–Kier alpha value is -1.09. The molecule has 0 aliphatic heterocycles. The molecule has 0 amide bonds. The van der Waals surface area contributed by atoms with E-state index in [1.165, 1.54) is 12.1 Å². The molecule has 0 fully saturated rings. The van der Waals surface area contributed by atoms with Gasteiger partial charge in [0.2, 0.25) is 0 Å². The highest BCUT2D eigenvalue weighted by molar-refractivity contribution is 5.07. The largest absolute Gasteiger partial charge is 0.363 e. The maximum Gasteiger partial charge on any atom is 0.181 e. The third-order valence-corrected chi connectivity index (χ3v) is 1.63. The van der Waals surface area contributed by atoms with Gasteiger partial charge in [0.15, 0.2) is 5.43 Å². The van der Waals surface area contributed by atoms with Gasteiger partial charge in [-0.25, -0.2) is 0 Å². The molecular formula is C8H12N2O. The van der Waals surface area contributed by atoms with Crippen LogP contribution in [0.3, 0.4) is 0 Å². The maximum absolute atomic E-state index is 10.8. The van der Waals surface area contributed by atoms with Gasteiger partial charge in [-0.15, -0.1) is 0 Å². The van der Waals surface area contributed by atoms with E-state index in [-0.39, 0.29) is 11.5 Å². The Morgan fingerprint density at radius 3 is 3.00 bits per heavy atom. The van der Waals surface area contributed by atoms with Gasteiger partial charge in [-0.05, 0) is 6.42 Å². The first-order valence-electron chi connectivity index (χ1n) is 3.68. The second kappa shape index (κ2) is 3.34. The number of hydrogen-bond acceptors (Lipinski definition) is 2. The van der Waals surface area contributed by atoms with Crippen molar-refractivity contribution in [1.82, 2.24) is 4.98 Å². The smallest absolute Gasteiger partial charge is 0.181 e. The van der Waals surface area contributed by atoms with Crippen molar-refractivity contribution < 1.29 is 0 Å². The third kappa shape index (κ3) is 1.91. The topological polar surface area (TPSA) is 58.9 Å². The molecule has 3 nitrogen and oxygen atoms in total. The van der Waals surface area contributed by atoms with Crippen molar-refractivity contribution >= 4 is 0 Å². The fourth-order valence-corrected chi connectivity index (χ4v) is 0.897. The van der Waals surface area contributed by atoms with Gasteiger partial charge >= 0.3 is 0 Å². The average Bonchev–Trinajstić information content (AvgIpc) is 2.03. The van der Waals surface area contributed by atoms with E-state index in [0.29, 0.717) is 0 Å². The fourth-order valence-electron chi connectivity index (χ4n) is 0.897. The van der Waals surface area contributed by atoms with Crippen molar-refractivity contribution in [1.29, 1.82) is 0 Å². The zero-order valence-electron chi connectivity index (χ0n) is 6.50. The van der Waals surface area contributed by atoms with Crippen LogP contribution in [0.25, 0.3) is 0 Å². The van der Waals surface area contributed by atoms with Crippen molar-refractivity contribution in [3.8, 4) is 0 Å². The number of hydrogen-bond donors (Lipinski definition) is 2. The number of nitrogens with one attached hydrogen (secondary N) is 1. The number of aromatic amines is 1. The van der Waals surface area contributed by atoms with Crippen LogP contribution in [0.5, 0.6) is 0 Å². The average molecular weight is 152 g/mol. The molecule has 0 aromatic carbocycles. The number of pyridine rings is 1. The molecular weight excluding hydrogens is 140 g/mol. The molecule has 0 bridgehead atoms. The molecule has 1 atom stereocenters. The quantitative estimate of drug-likeness (QED) is 0.658. The summed E-state index contributed by atoms with van der Waals surface area (Å²) in [6.45, 7) is 1.98. The summed E-state index contributed by atoms with van der Waals surface area (Å²) in [7, 11) is 0. The molecule has 3 N–H and O–H groups in total. The lowest BCUT2D eigenvalue weighted by Gasteiger charge is -2.06. The van der Waals surface area contributed by atoms with E-state index in [9.17, 15) is 4.79 Å². The molecule has 60 valence electrons. The lowest BCUT2D eigenvalue weighted by molar-refractivity contribution is 0.674. The Bertz CT molecular complexity index is 279. The SMILES string of the molecule is CC[C@@H](N)c1cc(=O)cc[nH]1. The summed E-state index contributed by atoms with van der Waals surface area (Å²) >= 11 is 0. The number of aromatic nitrogens is 1. The molecule has 0 radical (unpaired) electrons. The van der Waals surface area contributed by atoms with Crippen LogP contribution in [-0.2, 0) is 0 Å². The number of rotatable bonds is 2. The highest BCUT2D eigenvalue weighted by Crippen LogP contribution is 2.06. The van der Waals surface area contributed by atoms with Crippen LogP contribution in [0.1, 0.15) is 25.1 Å². The van der Waals surface area contributed by atoms with Crippen LogP contribution in [0, 0.1) is 0 Å². The van der Waals surface area contributed by atoms with Gasteiger partial charge in [0.05, 0.1) is 0 Å². The van der Waals surface area contributed by atoms with Crippen molar-refractivity contribution in [2.24, 2.45) is 5.73 Å². The van der Waals surface area contributed by atoms with Crippen LogP contribution in [-0.4, -0.2) is 4.98 Å². The molecule has 1 aromatic heterocycles. The predicted molar refractivity (Wildman–Crippen MR) is 44.3 cm³/mol. The molecule has 1 aromatic rings. The molecule has 0 spiro atoms. The minimum atomic E-state index is -0.0519.